The van der Waals surface area contributed by atoms with Crippen molar-refractivity contribution in [3.8, 4) is 5.75 Å². The summed E-state index contributed by atoms with van der Waals surface area (Å²) in [5, 5.41) is 0. The highest BCUT2D eigenvalue weighted by atomic mass is 79.9. The Morgan fingerprint density at radius 1 is 1.29 bits per heavy atom. The van der Waals surface area contributed by atoms with Gasteiger partial charge in [0.2, 0.25) is 0 Å². The van der Waals surface area contributed by atoms with Crippen LogP contribution >= 0.6 is 15.9 Å². The van der Waals surface area contributed by atoms with Gasteiger partial charge < -0.3 is 10.5 Å². The fourth-order valence-electron chi connectivity index (χ4n) is 1.68. The quantitative estimate of drug-likeness (QED) is 0.796. The molecule has 0 amide bonds. The Bertz CT molecular complexity index is 350. The molecule has 17 heavy (non-hydrogen) atoms. The van der Waals surface area contributed by atoms with Crippen LogP contribution in [0.2, 0.25) is 0 Å². The molecule has 0 bridgehead atoms. The van der Waals surface area contributed by atoms with Crippen molar-refractivity contribution in [2.75, 3.05) is 6.61 Å². The van der Waals surface area contributed by atoms with E-state index in [1.807, 2.05) is 25.1 Å². The third kappa shape index (κ3) is 5.09. The highest BCUT2D eigenvalue weighted by molar-refractivity contribution is 9.10. The van der Waals surface area contributed by atoms with E-state index >= 15 is 0 Å². The molecular weight excluding hydrogens is 278 g/mol. The molecule has 0 heterocycles. The van der Waals surface area contributed by atoms with Gasteiger partial charge in [-0.3, -0.25) is 0 Å². The SMILES string of the molecule is CC(C)CCCOc1ccc(Br)cc1[C@H](C)N. The number of ether oxygens (including phenoxy) is 1. The van der Waals surface area contributed by atoms with Gasteiger partial charge in [0, 0.05) is 16.1 Å². The van der Waals surface area contributed by atoms with Gasteiger partial charge in [-0.15, -0.1) is 0 Å². The zero-order valence-corrected chi connectivity index (χ0v) is 12.5. The molecule has 0 saturated carbocycles. The number of benzene rings is 1. The summed E-state index contributed by atoms with van der Waals surface area (Å²) < 4.78 is 6.84. The third-order valence-corrected chi connectivity index (χ3v) is 3.14. The zero-order chi connectivity index (χ0) is 12.8. The van der Waals surface area contributed by atoms with Crippen molar-refractivity contribution in [1.29, 1.82) is 0 Å². The Morgan fingerprint density at radius 3 is 2.59 bits per heavy atom. The fourth-order valence-corrected chi connectivity index (χ4v) is 2.06. The molecular formula is C14H22BrNO. The van der Waals surface area contributed by atoms with E-state index in [4.69, 9.17) is 10.5 Å². The van der Waals surface area contributed by atoms with Gasteiger partial charge in [0.25, 0.3) is 0 Å². The predicted molar refractivity (Wildman–Crippen MR) is 76.3 cm³/mol. The molecule has 0 saturated heterocycles. The standard InChI is InChI=1S/C14H22BrNO/c1-10(2)5-4-8-17-14-7-6-12(15)9-13(14)11(3)16/h6-7,9-11H,4-5,8,16H2,1-3H3/t11-/m0/s1. The van der Waals surface area contributed by atoms with E-state index in [-0.39, 0.29) is 6.04 Å². The second kappa shape index (κ2) is 7.02. The highest BCUT2D eigenvalue weighted by Crippen LogP contribution is 2.27. The van der Waals surface area contributed by atoms with Gasteiger partial charge >= 0.3 is 0 Å². The first kappa shape index (κ1) is 14.5. The van der Waals surface area contributed by atoms with Crippen LogP contribution in [0.1, 0.15) is 45.2 Å². The first-order valence-corrected chi connectivity index (χ1v) is 6.98. The minimum absolute atomic E-state index is 0.00685. The highest BCUT2D eigenvalue weighted by Gasteiger charge is 2.08. The molecule has 2 N–H and O–H groups in total. The lowest BCUT2D eigenvalue weighted by atomic mass is 10.1. The predicted octanol–water partition coefficient (Wildman–Crippen LogP) is 4.28. The van der Waals surface area contributed by atoms with Crippen LogP contribution in [-0.4, -0.2) is 6.61 Å². The Morgan fingerprint density at radius 2 is 2.00 bits per heavy atom. The van der Waals surface area contributed by atoms with Crippen molar-refractivity contribution in [1.82, 2.24) is 0 Å². The first-order valence-electron chi connectivity index (χ1n) is 6.18. The lowest BCUT2D eigenvalue weighted by molar-refractivity contribution is 0.293. The third-order valence-electron chi connectivity index (χ3n) is 2.65. The van der Waals surface area contributed by atoms with Crippen LogP contribution < -0.4 is 10.5 Å². The molecule has 96 valence electrons. The molecule has 0 unspecified atom stereocenters. The Labute approximate surface area is 113 Å². The summed E-state index contributed by atoms with van der Waals surface area (Å²) in [5.41, 5.74) is 6.99. The summed E-state index contributed by atoms with van der Waals surface area (Å²) in [6, 6.07) is 6.00. The lowest BCUT2D eigenvalue weighted by Gasteiger charge is -2.14. The fraction of sp³-hybridized carbons (Fsp3) is 0.571. The lowest BCUT2D eigenvalue weighted by Crippen LogP contribution is -2.09. The molecule has 0 aliphatic rings. The average molecular weight is 300 g/mol. The average Bonchev–Trinajstić information content (AvgIpc) is 2.25. The van der Waals surface area contributed by atoms with Crippen molar-refractivity contribution in [3.05, 3.63) is 28.2 Å². The van der Waals surface area contributed by atoms with Crippen LogP contribution in [0.15, 0.2) is 22.7 Å². The van der Waals surface area contributed by atoms with E-state index in [0.29, 0.717) is 0 Å². The molecule has 1 aromatic carbocycles. The molecule has 0 aliphatic carbocycles. The van der Waals surface area contributed by atoms with E-state index in [1.165, 1.54) is 6.42 Å². The van der Waals surface area contributed by atoms with E-state index < -0.39 is 0 Å². The van der Waals surface area contributed by atoms with Crippen LogP contribution in [0.4, 0.5) is 0 Å². The number of halogens is 1. The summed E-state index contributed by atoms with van der Waals surface area (Å²) in [6.07, 6.45) is 2.29. The Kier molecular flexibility index (Phi) is 6.00. The monoisotopic (exact) mass is 299 g/mol. The van der Waals surface area contributed by atoms with Gasteiger partial charge in [0.15, 0.2) is 0 Å². The number of hydrogen-bond acceptors (Lipinski definition) is 2. The van der Waals surface area contributed by atoms with Crippen molar-refractivity contribution < 1.29 is 4.74 Å². The second-order valence-corrected chi connectivity index (χ2v) is 5.77. The molecule has 1 atom stereocenters. The van der Waals surface area contributed by atoms with Gasteiger partial charge in [-0.05, 0) is 43.9 Å². The van der Waals surface area contributed by atoms with Crippen molar-refractivity contribution >= 4 is 15.9 Å². The van der Waals surface area contributed by atoms with Gasteiger partial charge in [0.1, 0.15) is 5.75 Å². The first-order chi connectivity index (χ1) is 8.00. The molecule has 0 spiro atoms. The Hall–Kier alpha value is -0.540. The van der Waals surface area contributed by atoms with Gasteiger partial charge in [0.05, 0.1) is 6.61 Å². The normalized spacial score (nSPS) is 12.8. The van der Waals surface area contributed by atoms with Gasteiger partial charge in [-0.25, -0.2) is 0 Å². The maximum atomic E-state index is 5.94. The molecule has 0 fully saturated rings. The van der Waals surface area contributed by atoms with E-state index in [1.54, 1.807) is 0 Å². The summed E-state index contributed by atoms with van der Waals surface area (Å²) in [4.78, 5) is 0. The number of hydrogen-bond donors (Lipinski definition) is 1. The van der Waals surface area contributed by atoms with Gasteiger partial charge in [-0.2, -0.15) is 0 Å². The summed E-state index contributed by atoms with van der Waals surface area (Å²) in [6.45, 7) is 7.20. The molecule has 0 aromatic heterocycles. The molecule has 2 nitrogen and oxygen atoms in total. The molecule has 0 aliphatic heterocycles. The zero-order valence-electron chi connectivity index (χ0n) is 10.9. The minimum atomic E-state index is -0.00685. The topological polar surface area (TPSA) is 35.2 Å². The summed E-state index contributed by atoms with van der Waals surface area (Å²) in [7, 11) is 0. The summed E-state index contributed by atoms with van der Waals surface area (Å²) in [5.74, 6) is 1.64. The number of rotatable bonds is 6. The maximum absolute atomic E-state index is 5.94. The van der Waals surface area contributed by atoms with Crippen molar-refractivity contribution in [2.24, 2.45) is 11.7 Å². The van der Waals surface area contributed by atoms with E-state index in [0.717, 1.165) is 34.7 Å². The van der Waals surface area contributed by atoms with Crippen molar-refractivity contribution in [3.63, 3.8) is 0 Å². The largest absolute Gasteiger partial charge is 0.493 e. The molecule has 1 aromatic rings. The number of nitrogens with two attached hydrogens (primary N) is 1. The summed E-state index contributed by atoms with van der Waals surface area (Å²) >= 11 is 3.45. The minimum Gasteiger partial charge on any atom is -0.493 e. The van der Waals surface area contributed by atoms with Crippen LogP contribution in [0.3, 0.4) is 0 Å². The van der Waals surface area contributed by atoms with E-state index in [9.17, 15) is 0 Å². The van der Waals surface area contributed by atoms with Crippen LogP contribution in [0.25, 0.3) is 0 Å². The molecule has 1 rings (SSSR count). The maximum Gasteiger partial charge on any atom is 0.124 e. The Balaban J connectivity index is 2.58. The van der Waals surface area contributed by atoms with Crippen LogP contribution in [-0.2, 0) is 0 Å². The van der Waals surface area contributed by atoms with Crippen molar-refractivity contribution in [2.45, 2.75) is 39.7 Å². The molecule has 3 heteroatoms. The second-order valence-electron chi connectivity index (χ2n) is 4.86. The van der Waals surface area contributed by atoms with Crippen LogP contribution in [0.5, 0.6) is 5.75 Å². The molecule has 0 radical (unpaired) electrons. The smallest absolute Gasteiger partial charge is 0.124 e. The van der Waals surface area contributed by atoms with Crippen LogP contribution in [0, 0.1) is 5.92 Å². The van der Waals surface area contributed by atoms with Gasteiger partial charge in [-0.1, -0.05) is 29.8 Å². The van der Waals surface area contributed by atoms with E-state index in [2.05, 4.69) is 29.8 Å².